The first kappa shape index (κ1) is 10.2. The first-order chi connectivity index (χ1) is 6.25. The molecule has 1 rings (SSSR count). The highest BCUT2D eigenvalue weighted by Crippen LogP contribution is 2.20. The maximum Gasteiger partial charge on any atom is 0.324 e. The zero-order chi connectivity index (χ0) is 9.68. The molecule has 0 aliphatic rings. The van der Waals surface area contributed by atoms with Gasteiger partial charge >= 0.3 is 9.28 Å². The van der Waals surface area contributed by atoms with Crippen molar-refractivity contribution >= 4 is 9.28 Å². The van der Waals surface area contributed by atoms with Crippen LogP contribution in [0.15, 0.2) is 43.0 Å². The van der Waals surface area contributed by atoms with Gasteiger partial charge in [0.05, 0.1) is 0 Å². The zero-order valence-electron chi connectivity index (χ0n) is 7.43. The van der Waals surface area contributed by atoms with Gasteiger partial charge in [0.15, 0.2) is 0 Å². The van der Waals surface area contributed by atoms with Gasteiger partial charge in [-0.2, -0.15) is 0 Å². The Bertz CT molecular complexity index is 259. The monoisotopic (exact) mass is 194 g/mol. The van der Waals surface area contributed by atoms with Crippen molar-refractivity contribution in [2.24, 2.45) is 0 Å². The molecule has 0 radical (unpaired) electrons. The van der Waals surface area contributed by atoms with Gasteiger partial charge in [0.1, 0.15) is 0 Å². The number of allylic oxidation sites excluding steroid dienone is 1. The molecular formula is C10H14O2Si. The summed E-state index contributed by atoms with van der Waals surface area (Å²) in [6, 6.07) is 9.56. The topological polar surface area (TPSA) is 40.5 Å². The molecule has 0 bridgehead atoms. The first-order valence-electron chi connectivity index (χ1n) is 4.27. The van der Waals surface area contributed by atoms with Crippen LogP contribution in [0.1, 0.15) is 17.5 Å². The van der Waals surface area contributed by atoms with Crippen molar-refractivity contribution in [3.05, 3.63) is 48.6 Å². The summed E-state index contributed by atoms with van der Waals surface area (Å²) in [4.78, 5) is 18.5. The third kappa shape index (κ3) is 2.80. The summed E-state index contributed by atoms with van der Waals surface area (Å²) in [5.41, 5.74) is 0.864. The van der Waals surface area contributed by atoms with E-state index in [-0.39, 0.29) is 5.54 Å². The lowest BCUT2D eigenvalue weighted by atomic mass is 10.1. The quantitative estimate of drug-likeness (QED) is 0.556. The van der Waals surface area contributed by atoms with E-state index in [1.54, 1.807) is 6.08 Å². The van der Waals surface area contributed by atoms with E-state index in [0.717, 1.165) is 5.56 Å². The fourth-order valence-corrected chi connectivity index (χ4v) is 2.31. The molecule has 1 atom stereocenters. The van der Waals surface area contributed by atoms with E-state index in [2.05, 4.69) is 6.58 Å². The largest absolute Gasteiger partial charge is 0.413 e. The van der Waals surface area contributed by atoms with Crippen LogP contribution in [0.4, 0.5) is 0 Å². The standard InChI is InChI=1S/C10H14O2Si/c1-2-6-10(13(11)12)9-7-4-3-5-8-9/h2-5,7-8,10-13H,1,6H2. The van der Waals surface area contributed by atoms with E-state index in [9.17, 15) is 9.59 Å². The molecule has 13 heavy (non-hydrogen) atoms. The predicted molar refractivity (Wildman–Crippen MR) is 55.6 cm³/mol. The fraction of sp³-hybridized carbons (Fsp3) is 0.200. The van der Waals surface area contributed by atoms with Crippen LogP contribution >= 0.6 is 0 Å². The maximum absolute atomic E-state index is 9.24. The van der Waals surface area contributed by atoms with Crippen LogP contribution < -0.4 is 0 Å². The van der Waals surface area contributed by atoms with Crippen LogP contribution in [0.3, 0.4) is 0 Å². The molecule has 0 saturated heterocycles. The average molecular weight is 194 g/mol. The van der Waals surface area contributed by atoms with Crippen LogP contribution in [-0.4, -0.2) is 18.9 Å². The van der Waals surface area contributed by atoms with Crippen molar-refractivity contribution in [2.75, 3.05) is 0 Å². The molecule has 0 fully saturated rings. The molecule has 70 valence electrons. The average Bonchev–Trinajstić information content (AvgIpc) is 2.15. The minimum absolute atomic E-state index is 0.126. The van der Waals surface area contributed by atoms with Gasteiger partial charge in [-0.1, -0.05) is 36.4 Å². The third-order valence-electron chi connectivity index (χ3n) is 2.01. The predicted octanol–water partition coefficient (Wildman–Crippen LogP) is 1.09. The number of hydrogen-bond acceptors (Lipinski definition) is 2. The van der Waals surface area contributed by atoms with Crippen molar-refractivity contribution in [3.8, 4) is 0 Å². The van der Waals surface area contributed by atoms with Gasteiger partial charge in [0, 0.05) is 5.54 Å². The highest BCUT2D eigenvalue weighted by molar-refractivity contribution is 6.43. The van der Waals surface area contributed by atoms with Crippen LogP contribution in [-0.2, 0) is 0 Å². The third-order valence-corrected chi connectivity index (χ3v) is 3.39. The molecule has 0 spiro atoms. The van der Waals surface area contributed by atoms with E-state index in [0.29, 0.717) is 6.42 Å². The second kappa shape index (κ2) is 4.96. The Morgan fingerprint density at radius 3 is 2.38 bits per heavy atom. The second-order valence-electron chi connectivity index (χ2n) is 2.96. The Morgan fingerprint density at radius 2 is 1.92 bits per heavy atom. The molecule has 0 aliphatic heterocycles. The molecular weight excluding hydrogens is 180 g/mol. The molecule has 0 saturated carbocycles. The number of benzene rings is 1. The highest BCUT2D eigenvalue weighted by atomic mass is 28.3. The minimum atomic E-state index is -2.60. The van der Waals surface area contributed by atoms with E-state index < -0.39 is 9.28 Å². The van der Waals surface area contributed by atoms with Gasteiger partial charge < -0.3 is 9.59 Å². The van der Waals surface area contributed by atoms with Crippen molar-refractivity contribution < 1.29 is 9.59 Å². The summed E-state index contributed by atoms with van der Waals surface area (Å²) in [5, 5.41) is 0. The fourth-order valence-electron chi connectivity index (χ4n) is 1.31. The van der Waals surface area contributed by atoms with E-state index in [1.165, 1.54) is 0 Å². The summed E-state index contributed by atoms with van der Waals surface area (Å²) < 4.78 is 0. The summed E-state index contributed by atoms with van der Waals surface area (Å²) in [7, 11) is -2.60. The minimum Gasteiger partial charge on any atom is -0.413 e. The molecule has 1 aromatic carbocycles. The second-order valence-corrected chi connectivity index (χ2v) is 4.59. The normalized spacial score (nSPS) is 12.8. The molecule has 0 amide bonds. The maximum atomic E-state index is 9.24. The lowest BCUT2D eigenvalue weighted by Gasteiger charge is -2.15. The van der Waals surface area contributed by atoms with E-state index >= 15 is 0 Å². The Balaban J connectivity index is 2.82. The van der Waals surface area contributed by atoms with Crippen LogP contribution in [0.5, 0.6) is 0 Å². The van der Waals surface area contributed by atoms with Gasteiger partial charge in [-0.25, -0.2) is 0 Å². The van der Waals surface area contributed by atoms with Crippen molar-refractivity contribution in [2.45, 2.75) is 12.0 Å². The summed E-state index contributed by atoms with van der Waals surface area (Å²) in [6.45, 7) is 3.61. The van der Waals surface area contributed by atoms with Crippen LogP contribution in [0.2, 0.25) is 0 Å². The molecule has 1 unspecified atom stereocenters. The van der Waals surface area contributed by atoms with Gasteiger partial charge in [0.2, 0.25) is 0 Å². The number of hydrogen-bond donors (Lipinski definition) is 2. The molecule has 0 aromatic heterocycles. The number of rotatable bonds is 4. The lowest BCUT2D eigenvalue weighted by Crippen LogP contribution is -2.22. The van der Waals surface area contributed by atoms with Crippen molar-refractivity contribution in [3.63, 3.8) is 0 Å². The molecule has 1 aromatic rings. The molecule has 2 nitrogen and oxygen atoms in total. The first-order valence-corrected chi connectivity index (χ1v) is 5.97. The highest BCUT2D eigenvalue weighted by Gasteiger charge is 2.19. The summed E-state index contributed by atoms with van der Waals surface area (Å²) in [6.07, 6.45) is 2.36. The smallest absolute Gasteiger partial charge is 0.324 e. The Morgan fingerprint density at radius 1 is 1.31 bits per heavy atom. The summed E-state index contributed by atoms with van der Waals surface area (Å²) >= 11 is 0. The zero-order valence-corrected chi connectivity index (χ0v) is 8.58. The molecule has 0 heterocycles. The van der Waals surface area contributed by atoms with Crippen LogP contribution in [0, 0.1) is 0 Å². The van der Waals surface area contributed by atoms with Crippen molar-refractivity contribution in [1.29, 1.82) is 0 Å². The van der Waals surface area contributed by atoms with Gasteiger partial charge in [0.25, 0.3) is 0 Å². The van der Waals surface area contributed by atoms with E-state index in [4.69, 9.17) is 0 Å². The van der Waals surface area contributed by atoms with Gasteiger partial charge in [-0.15, -0.1) is 6.58 Å². The molecule has 3 heteroatoms. The lowest BCUT2D eigenvalue weighted by molar-refractivity contribution is 0.387. The van der Waals surface area contributed by atoms with Gasteiger partial charge in [-0.3, -0.25) is 0 Å². The Kier molecular flexibility index (Phi) is 3.89. The Hall–Kier alpha value is -0.903. The Labute approximate surface area is 80.0 Å². The van der Waals surface area contributed by atoms with Crippen LogP contribution in [0.25, 0.3) is 0 Å². The molecule has 2 N–H and O–H groups in total. The summed E-state index contributed by atoms with van der Waals surface area (Å²) in [5.74, 6) is 0. The van der Waals surface area contributed by atoms with E-state index in [1.807, 2.05) is 30.3 Å². The van der Waals surface area contributed by atoms with Crippen molar-refractivity contribution in [1.82, 2.24) is 0 Å². The molecule has 0 aliphatic carbocycles. The SMILES string of the molecule is C=CCC(c1ccccc1)[SiH](O)O. The van der Waals surface area contributed by atoms with Gasteiger partial charge in [-0.05, 0) is 12.0 Å².